The number of thioether (sulfide) groups is 1. The molecule has 2 rings (SSSR count). The highest BCUT2D eigenvalue weighted by atomic mass is 35.5. The van der Waals surface area contributed by atoms with E-state index in [1.807, 2.05) is 12.1 Å². The van der Waals surface area contributed by atoms with Gasteiger partial charge < -0.3 is 11.1 Å². The highest BCUT2D eigenvalue weighted by Crippen LogP contribution is 2.37. The summed E-state index contributed by atoms with van der Waals surface area (Å²) in [6.07, 6.45) is 6.32. The molecule has 1 aliphatic rings. The van der Waals surface area contributed by atoms with Gasteiger partial charge in [0.25, 0.3) is 0 Å². The minimum atomic E-state index is -0.557. The van der Waals surface area contributed by atoms with Crippen molar-refractivity contribution in [2.75, 3.05) is 6.54 Å². The molecule has 0 saturated heterocycles. The fourth-order valence-electron chi connectivity index (χ4n) is 2.76. The van der Waals surface area contributed by atoms with Gasteiger partial charge in [0.05, 0.1) is 15.6 Å². The van der Waals surface area contributed by atoms with Gasteiger partial charge in [0, 0.05) is 11.4 Å². The van der Waals surface area contributed by atoms with Crippen LogP contribution in [0.4, 0.5) is 0 Å². The van der Waals surface area contributed by atoms with Crippen LogP contribution < -0.4 is 11.1 Å². The first-order valence-electron chi connectivity index (χ1n) is 7.39. The Morgan fingerprint density at radius 2 is 2.43 bits per heavy atom. The number of hydrogen-bond acceptors (Lipinski definition) is 4. The summed E-state index contributed by atoms with van der Waals surface area (Å²) in [5, 5.41) is 5.31. The minimum Gasteiger partial charge on any atom is -0.368 e. The van der Waals surface area contributed by atoms with Gasteiger partial charge in [-0.15, -0.1) is 11.8 Å². The van der Waals surface area contributed by atoms with Gasteiger partial charge >= 0.3 is 0 Å². The van der Waals surface area contributed by atoms with Crippen molar-refractivity contribution in [2.45, 2.75) is 54.8 Å². The average molecular weight is 328 g/mol. The molecule has 21 heavy (non-hydrogen) atoms. The lowest BCUT2D eigenvalue weighted by molar-refractivity contribution is -0.125. The molecule has 1 fully saturated rings. The Morgan fingerprint density at radius 3 is 3.05 bits per heavy atom. The molecule has 0 aromatic carbocycles. The summed E-state index contributed by atoms with van der Waals surface area (Å²) in [6.45, 7) is 2.91. The summed E-state index contributed by atoms with van der Waals surface area (Å²) in [5.74, 6) is -0.231. The molecule has 1 saturated carbocycles. The summed E-state index contributed by atoms with van der Waals surface area (Å²) >= 11 is 7.56. The zero-order valence-electron chi connectivity index (χ0n) is 12.3. The Bertz CT molecular complexity index is 482. The van der Waals surface area contributed by atoms with Crippen LogP contribution in [0.1, 0.15) is 39.0 Å². The molecule has 3 N–H and O–H groups in total. The zero-order valence-corrected chi connectivity index (χ0v) is 13.8. The number of carbonyl (C=O) groups is 1. The second-order valence-corrected chi connectivity index (χ2v) is 7.28. The quantitative estimate of drug-likeness (QED) is 0.842. The van der Waals surface area contributed by atoms with Crippen molar-refractivity contribution in [1.82, 2.24) is 10.3 Å². The molecular weight excluding hydrogens is 306 g/mol. The van der Waals surface area contributed by atoms with Crippen molar-refractivity contribution in [1.29, 1.82) is 0 Å². The number of aromatic nitrogens is 1. The van der Waals surface area contributed by atoms with Crippen molar-refractivity contribution in [2.24, 2.45) is 5.73 Å². The number of nitrogens with one attached hydrogen (secondary N) is 1. The fraction of sp³-hybridized carbons (Fsp3) is 0.600. The van der Waals surface area contributed by atoms with Crippen molar-refractivity contribution >= 4 is 29.3 Å². The van der Waals surface area contributed by atoms with E-state index in [-0.39, 0.29) is 5.91 Å². The predicted octanol–water partition coefficient (Wildman–Crippen LogP) is 2.99. The van der Waals surface area contributed by atoms with E-state index >= 15 is 0 Å². The highest BCUT2D eigenvalue weighted by Gasteiger charge is 2.41. The van der Waals surface area contributed by atoms with E-state index in [4.69, 9.17) is 17.3 Å². The molecule has 0 aliphatic heterocycles. The van der Waals surface area contributed by atoms with Crippen LogP contribution in [0.2, 0.25) is 5.02 Å². The Morgan fingerprint density at radius 1 is 1.62 bits per heavy atom. The van der Waals surface area contributed by atoms with Crippen LogP contribution >= 0.6 is 23.4 Å². The third kappa shape index (κ3) is 4.34. The van der Waals surface area contributed by atoms with E-state index in [0.29, 0.717) is 10.3 Å². The summed E-state index contributed by atoms with van der Waals surface area (Å²) in [4.78, 5) is 16.3. The summed E-state index contributed by atoms with van der Waals surface area (Å²) in [6, 6.07) is 3.77. The first kappa shape index (κ1) is 16.6. The molecule has 0 bridgehead atoms. The maximum atomic E-state index is 11.9. The van der Waals surface area contributed by atoms with Crippen molar-refractivity contribution in [3.63, 3.8) is 0 Å². The van der Waals surface area contributed by atoms with Crippen molar-refractivity contribution in [3.05, 3.63) is 23.4 Å². The van der Waals surface area contributed by atoms with Gasteiger partial charge in [0.2, 0.25) is 5.91 Å². The molecule has 1 aliphatic carbocycles. The smallest absolute Gasteiger partial charge is 0.237 e. The predicted molar refractivity (Wildman–Crippen MR) is 87.6 cm³/mol. The lowest BCUT2D eigenvalue weighted by Gasteiger charge is -2.39. The van der Waals surface area contributed by atoms with Gasteiger partial charge in [0.1, 0.15) is 0 Å². The number of carbonyl (C=O) groups excluding carboxylic acids is 1. The van der Waals surface area contributed by atoms with E-state index in [2.05, 4.69) is 17.2 Å². The molecule has 2 unspecified atom stereocenters. The van der Waals surface area contributed by atoms with Crippen LogP contribution in [0.15, 0.2) is 23.4 Å². The first-order valence-corrected chi connectivity index (χ1v) is 8.64. The van der Waals surface area contributed by atoms with Gasteiger partial charge in [-0.1, -0.05) is 18.5 Å². The number of primary amides is 1. The Hall–Kier alpha value is -0.780. The molecule has 6 heteroatoms. The summed E-state index contributed by atoms with van der Waals surface area (Å²) < 4.78 is 0. The maximum Gasteiger partial charge on any atom is 0.237 e. The topological polar surface area (TPSA) is 68.0 Å². The average Bonchev–Trinajstić information content (AvgIpc) is 2.48. The van der Waals surface area contributed by atoms with E-state index < -0.39 is 5.54 Å². The summed E-state index contributed by atoms with van der Waals surface area (Å²) in [7, 11) is 0. The van der Waals surface area contributed by atoms with Gasteiger partial charge in [-0.2, -0.15) is 0 Å². The minimum absolute atomic E-state index is 0.231. The molecule has 1 heterocycles. The fourth-order valence-corrected chi connectivity index (χ4v) is 4.13. The largest absolute Gasteiger partial charge is 0.368 e. The van der Waals surface area contributed by atoms with Crippen molar-refractivity contribution < 1.29 is 4.79 Å². The van der Waals surface area contributed by atoms with Crippen LogP contribution in [-0.2, 0) is 4.79 Å². The monoisotopic (exact) mass is 327 g/mol. The third-order valence-corrected chi connectivity index (χ3v) is 5.32. The Balaban J connectivity index is 2.04. The van der Waals surface area contributed by atoms with E-state index in [9.17, 15) is 4.79 Å². The zero-order chi connectivity index (χ0) is 15.3. The first-order chi connectivity index (χ1) is 10.1. The second-order valence-electron chi connectivity index (χ2n) is 5.52. The lowest BCUT2D eigenvalue weighted by atomic mass is 9.80. The molecule has 1 aromatic heterocycles. The number of nitrogens with zero attached hydrogens (tertiary/aromatic N) is 1. The number of nitrogens with two attached hydrogens (primary N) is 1. The molecule has 4 nitrogen and oxygen atoms in total. The molecule has 1 aromatic rings. The van der Waals surface area contributed by atoms with Gasteiger partial charge in [-0.25, -0.2) is 4.98 Å². The number of amides is 1. The maximum absolute atomic E-state index is 11.9. The Kier molecular flexibility index (Phi) is 5.90. The SMILES string of the molecule is CCCNC1(C(N)=O)CCCC(Sc2ccc(Cl)cn2)C1. The lowest BCUT2D eigenvalue weighted by Crippen LogP contribution is -2.58. The van der Waals surface area contributed by atoms with Crippen LogP contribution in [0.5, 0.6) is 0 Å². The van der Waals surface area contributed by atoms with Crippen LogP contribution in [-0.4, -0.2) is 28.2 Å². The van der Waals surface area contributed by atoms with Crippen LogP contribution in [0.3, 0.4) is 0 Å². The number of halogens is 1. The van der Waals surface area contributed by atoms with Gasteiger partial charge in [0.15, 0.2) is 0 Å². The Labute approximate surface area is 135 Å². The standard InChI is InChI=1S/C15H22ClN3OS/c1-2-8-19-15(14(17)20)7-3-4-12(9-15)21-13-6-5-11(16)10-18-13/h5-6,10,12,19H,2-4,7-9H2,1H3,(H2,17,20). The normalized spacial score (nSPS) is 25.7. The number of rotatable bonds is 6. The molecule has 0 spiro atoms. The summed E-state index contributed by atoms with van der Waals surface area (Å²) in [5.41, 5.74) is 5.12. The highest BCUT2D eigenvalue weighted by molar-refractivity contribution is 7.99. The molecular formula is C15H22ClN3OS. The molecule has 1 amide bonds. The van der Waals surface area contributed by atoms with Gasteiger partial charge in [-0.05, 0) is 50.8 Å². The van der Waals surface area contributed by atoms with Crippen LogP contribution in [0.25, 0.3) is 0 Å². The molecule has 116 valence electrons. The molecule has 2 atom stereocenters. The van der Waals surface area contributed by atoms with Gasteiger partial charge in [-0.3, -0.25) is 4.79 Å². The van der Waals surface area contributed by atoms with E-state index in [1.54, 1.807) is 18.0 Å². The third-order valence-electron chi connectivity index (χ3n) is 3.88. The number of pyridine rings is 1. The van der Waals surface area contributed by atoms with Crippen molar-refractivity contribution in [3.8, 4) is 0 Å². The second kappa shape index (κ2) is 7.47. The van der Waals surface area contributed by atoms with E-state index in [0.717, 1.165) is 43.7 Å². The van der Waals surface area contributed by atoms with Crippen LogP contribution in [0, 0.1) is 0 Å². The molecule has 0 radical (unpaired) electrons. The number of hydrogen-bond donors (Lipinski definition) is 2. The van der Waals surface area contributed by atoms with E-state index in [1.165, 1.54) is 0 Å².